The van der Waals surface area contributed by atoms with E-state index in [1.807, 2.05) is 0 Å². The van der Waals surface area contributed by atoms with E-state index < -0.39 is 0 Å². The van der Waals surface area contributed by atoms with Gasteiger partial charge in [-0.1, -0.05) is 62.4 Å². The zero-order valence-corrected chi connectivity index (χ0v) is 9.93. The topological polar surface area (TPSA) is 0 Å². The van der Waals surface area contributed by atoms with Gasteiger partial charge >= 0.3 is 0 Å². The lowest BCUT2D eigenvalue weighted by atomic mass is 9.64. The Kier molecular flexibility index (Phi) is 2.24. The van der Waals surface area contributed by atoms with Gasteiger partial charge in [0.15, 0.2) is 0 Å². The van der Waals surface area contributed by atoms with Crippen LogP contribution in [0.2, 0.25) is 0 Å². The van der Waals surface area contributed by atoms with Crippen molar-refractivity contribution in [3.05, 3.63) is 59.7 Å². The van der Waals surface area contributed by atoms with E-state index in [1.165, 1.54) is 0 Å². The number of hydrogen-bond acceptors (Lipinski definition) is 0. The van der Waals surface area contributed by atoms with E-state index in [0.29, 0.717) is 17.8 Å². The summed E-state index contributed by atoms with van der Waals surface area (Å²) in [5.74, 6) is 2.71. The molecular formula is C16H18. The average Bonchev–Trinajstić information content (AvgIpc) is 2.36. The largest absolute Gasteiger partial charge is 0.0802 e. The van der Waals surface area contributed by atoms with Crippen molar-refractivity contribution >= 4 is 0 Å². The van der Waals surface area contributed by atoms with E-state index in [4.69, 9.17) is 0 Å². The second-order valence-electron chi connectivity index (χ2n) is 5.15. The Morgan fingerprint density at radius 1 is 0.875 bits per heavy atom. The number of fused-ring (bicyclic) bond motifs is 3. The smallest absolute Gasteiger partial charge is 0.00896 e. The molecule has 16 heavy (non-hydrogen) atoms. The summed E-state index contributed by atoms with van der Waals surface area (Å²) in [7, 11) is 0. The van der Waals surface area contributed by atoms with Crippen LogP contribution in [-0.4, -0.2) is 0 Å². The van der Waals surface area contributed by atoms with Crippen molar-refractivity contribution in [1.82, 2.24) is 0 Å². The molecule has 0 heterocycles. The van der Waals surface area contributed by atoms with Gasteiger partial charge in [-0.05, 0) is 28.9 Å². The maximum absolute atomic E-state index is 2.39. The molecule has 0 amide bonds. The molecule has 4 atom stereocenters. The molecule has 1 aromatic rings. The van der Waals surface area contributed by atoms with Gasteiger partial charge in [0.05, 0.1) is 0 Å². The summed E-state index contributed by atoms with van der Waals surface area (Å²) in [5.41, 5.74) is 3.09. The molecule has 0 saturated carbocycles. The summed E-state index contributed by atoms with van der Waals surface area (Å²) in [6.07, 6.45) is 9.16. The number of benzene rings is 1. The molecule has 0 spiro atoms. The SMILES string of the molecule is CC1c2ccccc2C2C=CC=CC2C1C. The summed E-state index contributed by atoms with van der Waals surface area (Å²) in [6, 6.07) is 8.95. The fourth-order valence-electron chi connectivity index (χ4n) is 3.28. The highest BCUT2D eigenvalue weighted by Crippen LogP contribution is 2.48. The van der Waals surface area contributed by atoms with Gasteiger partial charge in [-0.15, -0.1) is 0 Å². The zero-order chi connectivity index (χ0) is 11.1. The maximum Gasteiger partial charge on any atom is 0.00896 e. The van der Waals surface area contributed by atoms with E-state index in [1.54, 1.807) is 11.1 Å². The van der Waals surface area contributed by atoms with Crippen molar-refractivity contribution in [2.45, 2.75) is 25.7 Å². The molecule has 0 aliphatic heterocycles. The molecule has 0 heteroatoms. The van der Waals surface area contributed by atoms with E-state index in [-0.39, 0.29) is 0 Å². The Morgan fingerprint density at radius 3 is 2.38 bits per heavy atom. The first-order valence-electron chi connectivity index (χ1n) is 6.23. The molecule has 0 nitrogen and oxygen atoms in total. The summed E-state index contributed by atoms with van der Waals surface area (Å²) in [4.78, 5) is 0. The van der Waals surface area contributed by atoms with Gasteiger partial charge in [0, 0.05) is 5.92 Å². The van der Waals surface area contributed by atoms with Gasteiger partial charge in [-0.25, -0.2) is 0 Å². The van der Waals surface area contributed by atoms with Crippen molar-refractivity contribution in [2.24, 2.45) is 11.8 Å². The molecular weight excluding hydrogens is 192 g/mol. The minimum Gasteiger partial charge on any atom is -0.0802 e. The van der Waals surface area contributed by atoms with Crippen LogP contribution in [0.3, 0.4) is 0 Å². The Bertz CT molecular complexity index is 453. The van der Waals surface area contributed by atoms with Crippen LogP contribution in [0.25, 0.3) is 0 Å². The minimum absolute atomic E-state index is 0.604. The maximum atomic E-state index is 2.39. The average molecular weight is 210 g/mol. The van der Waals surface area contributed by atoms with Crippen molar-refractivity contribution < 1.29 is 0 Å². The third kappa shape index (κ3) is 1.29. The fraction of sp³-hybridized carbons (Fsp3) is 0.375. The molecule has 1 aromatic carbocycles. The van der Waals surface area contributed by atoms with Gasteiger partial charge in [-0.3, -0.25) is 0 Å². The second kappa shape index (κ2) is 3.62. The quantitative estimate of drug-likeness (QED) is 0.600. The molecule has 0 radical (unpaired) electrons. The van der Waals surface area contributed by atoms with Crippen LogP contribution in [0.15, 0.2) is 48.6 Å². The normalized spacial score (nSPS) is 35.6. The van der Waals surface area contributed by atoms with Crippen LogP contribution in [0.5, 0.6) is 0 Å². The van der Waals surface area contributed by atoms with Crippen molar-refractivity contribution in [3.8, 4) is 0 Å². The van der Waals surface area contributed by atoms with E-state index in [9.17, 15) is 0 Å². The predicted octanol–water partition coefficient (Wildman–Crippen LogP) is 4.27. The van der Waals surface area contributed by atoms with E-state index in [0.717, 1.165) is 5.92 Å². The number of hydrogen-bond donors (Lipinski definition) is 0. The van der Waals surface area contributed by atoms with Crippen LogP contribution in [-0.2, 0) is 0 Å². The van der Waals surface area contributed by atoms with Crippen LogP contribution in [0.4, 0.5) is 0 Å². The Labute approximate surface area is 97.7 Å². The van der Waals surface area contributed by atoms with Crippen LogP contribution in [0, 0.1) is 11.8 Å². The third-order valence-corrected chi connectivity index (χ3v) is 4.42. The van der Waals surface area contributed by atoms with Crippen LogP contribution in [0.1, 0.15) is 36.8 Å². The van der Waals surface area contributed by atoms with Gasteiger partial charge in [0.25, 0.3) is 0 Å². The highest BCUT2D eigenvalue weighted by Gasteiger charge is 2.36. The molecule has 4 unspecified atom stereocenters. The van der Waals surface area contributed by atoms with Crippen molar-refractivity contribution in [3.63, 3.8) is 0 Å². The van der Waals surface area contributed by atoms with Gasteiger partial charge in [0.2, 0.25) is 0 Å². The molecule has 0 fully saturated rings. The molecule has 0 aromatic heterocycles. The summed E-state index contributed by atoms with van der Waals surface area (Å²) >= 11 is 0. The summed E-state index contributed by atoms with van der Waals surface area (Å²) in [5, 5.41) is 0. The lowest BCUT2D eigenvalue weighted by Gasteiger charge is -2.40. The highest BCUT2D eigenvalue weighted by atomic mass is 14.4. The molecule has 2 aliphatic rings. The van der Waals surface area contributed by atoms with Crippen LogP contribution < -0.4 is 0 Å². The molecule has 0 saturated heterocycles. The van der Waals surface area contributed by atoms with Gasteiger partial charge in [0.1, 0.15) is 0 Å². The van der Waals surface area contributed by atoms with E-state index in [2.05, 4.69) is 62.4 Å². The molecule has 0 bridgehead atoms. The van der Waals surface area contributed by atoms with Gasteiger partial charge in [-0.2, -0.15) is 0 Å². The molecule has 2 aliphatic carbocycles. The standard InChI is InChI=1S/C16H18/c1-11-12(2)14-8-4-6-10-16(14)15-9-5-3-7-13(11)15/h3-13,15H,1-2H3. The number of rotatable bonds is 0. The first kappa shape index (κ1) is 9.89. The minimum atomic E-state index is 0.604. The second-order valence-corrected chi connectivity index (χ2v) is 5.15. The zero-order valence-electron chi connectivity index (χ0n) is 9.93. The van der Waals surface area contributed by atoms with Crippen molar-refractivity contribution in [1.29, 1.82) is 0 Å². The van der Waals surface area contributed by atoms with Crippen LogP contribution >= 0.6 is 0 Å². The summed E-state index contributed by atoms with van der Waals surface area (Å²) in [6.45, 7) is 4.76. The predicted molar refractivity (Wildman–Crippen MR) is 68.5 cm³/mol. The van der Waals surface area contributed by atoms with Crippen molar-refractivity contribution in [2.75, 3.05) is 0 Å². The molecule has 82 valence electrons. The monoisotopic (exact) mass is 210 g/mol. The first-order valence-corrected chi connectivity index (χ1v) is 6.23. The molecule has 3 rings (SSSR count). The Balaban J connectivity index is 2.16. The lowest BCUT2D eigenvalue weighted by molar-refractivity contribution is 0.318. The summed E-state index contributed by atoms with van der Waals surface area (Å²) < 4.78 is 0. The Hall–Kier alpha value is -1.30. The fourth-order valence-corrected chi connectivity index (χ4v) is 3.28. The first-order chi connectivity index (χ1) is 7.79. The van der Waals surface area contributed by atoms with Gasteiger partial charge < -0.3 is 0 Å². The molecule has 0 N–H and O–H groups in total. The van der Waals surface area contributed by atoms with E-state index >= 15 is 0 Å². The number of allylic oxidation sites excluding steroid dienone is 4. The third-order valence-electron chi connectivity index (χ3n) is 4.42. The lowest BCUT2D eigenvalue weighted by Crippen LogP contribution is -2.29. The highest BCUT2D eigenvalue weighted by molar-refractivity contribution is 5.42. The Morgan fingerprint density at radius 2 is 1.56 bits per heavy atom.